The van der Waals surface area contributed by atoms with Crippen molar-refractivity contribution in [2.75, 3.05) is 6.54 Å². The van der Waals surface area contributed by atoms with Crippen LogP contribution in [-0.4, -0.2) is 24.4 Å². The molecule has 1 rings (SSSR count). The zero-order chi connectivity index (χ0) is 13.7. The molecule has 18 heavy (non-hydrogen) atoms. The summed E-state index contributed by atoms with van der Waals surface area (Å²) in [7, 11) is 0. The lowest BCUT2D eigenvalue weighted by Crippen LogP contribution is -2.40. The number of benzene rings is 1. The molecule has 0 heterocycles. The Morgan fingerprint density at radius 2 is 1.94 bits per heavy atom. The lowest BCUT2D eigenvalue weighted by molar-refractivity contribution is -0.120. The Labute approximate surface area is 103 Å². The van der Waals surface area contributed by atoms with Gasteiger partial charge in [-0.05, 0) is 26.0 Å². The number of hydrogen-bond acceptors (Lipinski definition) is 2. The molecule has 0 aliphatic carbocycles. The molecular formula is C12H14F2N2O2. The first-order valence-electron chi connectivity index (χ1n) is 5.42. The van der Waals surface area contributed by atoms with E-state index in [1.807, 2.05) is 0 Å². The summed E-state index contributed by atoms with van der Waals surface area (Å²) in [5.74, 6) is -2.86. The van der Waals surface area contributed by atoms with Gasteiger partial charge in [-0.2, -0.15) is 0 Å². The van der Waals surface area contributed by atoms with Gasteiger partial charge in [-0.25, -0.2) is 8.78 Å². The van der Waals surface area contributed by atoms with E-state index in [1.165, 1.54) is 0 Å². The first-order valence-corrected chi connectivity index (χ1v) is 5.42. The molecule has 0 atom stereocenters. The maximum absolute atomic E-state index is 13.2. The Bertz CT molecular complexity index is 461. The molecule has 0 fully saturated rings. The lowest BCUT2D eigenvalue weighted by atomic mass is 10.2. The molecule has 0 spiro atoms. The van der Waals surface area contributed by atoms with E-state index >= 15 is 0 Å². The van der Waals surface area contributed by atoms with Crippen molar-refractivity contribution in [3.63, 3.8) is 0 Å². The largest absolute Gasteiger partial charge is 0.352 e. The first-order chi connectivity index (χ1) is 8.40. The highest BCUT2D eigenvalue weighted by atomic mass is 19.1. The van der Waals surface area contributed by atoms with Crippen molar-refractivity contribution in [3.05, 3.63) is 35.4 Å². The van der Waals surface area contributed by atoms with E-state index in [9.17, 15) is 18.4 Å². The Morgan fingerprint density at radius 3 is 2.50 bits per heavy atom. The van der Waals surface area contributed by atoms with Gasteiger partial charge in [0.1, 0.15) is 11.6 Å². The van der Waals surface area contributed by atoms with Crippen LogP contribution in [0, 0.1) is 11.6 Å². The van der Waals surface area contributed by atoms with Gasteiger partial charge in [0.2, 0.25) is 5.91 Å². The van der Waals surface area contributed by atoms with Gasteiger partial charge < -0.3 is 10.6 Å². The van der Waals surface area contributed by atoms with Gasteiger partial charge in [0.25, 0.3) is 5.91 Å². The Balaban J connectivity index is 2.58. The third kappa shape index (κ3) is 4.12. The van der Waals surface area contributed by atoms with Crippen molar-refractivity contribution < 1.29 is 18.4 Å². The van der Waals surface area contributed by atoms with E-state index in [0.717, 1.165) is 12.1 Å². The minimum atomic E-state index is -0.961. The third-order valence-electron chi connectivity index (χ3n) is 2.03. The monoisotopic (exact) mass is 256 g/mol. The van der Waals surface area contributed by atoms with E-state index in [2.05, 4.69) is 10.6 Å². The van der Waals surface area contributed by atoms with Gasteiger partial charge in [0, 0.05) is 12.1 Å². The summed E-state index contributed by atoms with van der Waals surface area (Å²) >= 11 is 0. The summed E-state index contributed by atoms with van der Waals surface area (Å²) in [4.78, 5) is 22.8. The van der Waals surface area contributed by atoms with Crippen LogP contribution in [0.5, 0.6) is 0 Å². The highest BCUT2D eigenvalue weighted by Crippen LogP contribution is 2.08. The van der Waals surface area contributed by atoms with Crippen LogP contribution in [0.2, 0.25) is 0 Å². The van der Waals surface area contributed by atoms with Crippen LogP contribution < -0.4 is 10.6 Å². The van der Waals surface area contributed by atoms with Gasteiger partial charge in [-0.3, -0.25) is 9.59 Å². The zero-order valence-electron chi connectivity index (χ0n) is 10.1. The van der Waals surface area contributed by atoms with Gasteiger partial charge in [-0.1, -0.05) is 0 Å². The Hall–Kier alpha value is -1.98. The number of carbonyl (C=O) groups excluding carboxylic acids is 2. The predicted octanol–water partition coefficient (Wildman–Crippen LogP) is 1.22. The molecular weight excluding hydrogens is 242 g/mol. The molecule has 0 saturated heterocycles. The van der Waals surface area contributed by atoms with Gasteiger partial charge >= 0.3 is 0 Å². The zero-order valence-corrected chi connectivity index (χ0v) is 10.1. The molecule has 0 aromatic heterocycles. The van der Waals surface area contributed by atoms with Crippen LogP contribution in [0.4, 0.5) is 8.78 Å². The number of halogens is 2. The standard InChI is InChI=1S/C12H14F2N2O2/c1-7(2)16-11(17)6-15-12(18)9-4-3-8(13)5-10(9)14/h3-5,7H,6H2,1-2H3,(H,15,18)(H,16,17). The molecule has 0 bridgehead atoms. The summed E-state index contributed by atoms with van der Waals surface area (Å²) in [5, 5.41) is 4.82. The first kappa shape index (κ1) is 14.1. The molecule has 1 aromatic rings. The smallest absolute Gasteiger partial charge is 0.254 e. The quantitative estimate of drug-likeness (QED) is 0.851. The molecule has 0 saturated carbocycles. The number of nitrogens with one attached hydrogen (secondary N) is 2. The maximum Gasteiger partial charge on any atom is 0.254 e. The molecule has 2 N–H and O–H groups in total. The second-order valence-corrected chi connectivity index (χ2v) is 4.03. The molecule has 2 amide bonds. The summed E-state index contributed by atoms with van der Waals surface area (Å²) in [6.07, 6.45) is 0. The second kappa shape index (κ2) is 6.09. The number of amides is 2. The average Bonchev–Trinajstić information content (AvgIpc) is 2.25. The number of rotatable bonds is 4. The van der Waals surface area contributed by atoms with E-state index in [-0.39, 0.29) is 24.1 Å². The fraction of sp³-hybridized carbons (Fsp3) is 0.333. The molecule has 0 aliphatic heterocycles. The summed E-state index contributed by atoms with van der Waals surface area (Å²) in [5.41, 5.74) is -0.297. The van der Waals surface area contributed by atoms with Crippen LogP contribution in [0.15, 0.2) is 18.2 Å². The van der Waals surface area contributed by atoms with Crippen molar-refractivity contribution >= 4 is 11.8 Å². The van der Waals surface area contributed by atoms with Crippen LogP contribution in [0.25, 0.3) is 0 Å². The van der Waals surface area contributed by atoms with Gasteiger partial charge in [0.15, 0.2) is 0 Å². The molecule has 1 aromatic carbocycles. The van der Waals surface area contributed by atoms with Crippen LogP contribution in [-0.2, 0) is 4.79 Å². The fourth-order valence-corrected chi connectivity index (χ4v) is 1.30. The molecule has 4 nitrogen and oxygen atoms in total. The number of carbonyl (C=O) groups is 2. The van der Waals surface area contributed by atoms with Crippen molar-refractivity contribution in [2.24, 2.45) is 0 Å². The van der Waals surface area contributed by atoms with Crippen LogP contribution in [0.1, 0.15) is 24.2 Å². The van der Waals surface area contributed by atoms with Crippen molar-refractivity contribution in [1.82, 2.24) is 10.6 Å². The third-order valence-corrected chi connectivity index (χ3v) is 2.03. The minimum Gasteiger partial charge on any atom is -0.352 e. The van der Waals surface area contributed by atoms with Gasteiger partial charge in [0.05, 0.1) is 12.1 Å². The fourth-order valence-electron chi connectivity index (χ4n) is 1.30. The number of hydrogen-bond donors (Lipinski definition) is 2. The van der Waals surface area contributed by atoms with Crippen molar-refractivity contribution in [3.8, 4) is 0 Å². The van der Waals surface area contributed by atoms with E-state index in [0.29, 0.717) is 6.07 Å². The predicted molar refractivity (Wildman–Crippen MR) is 62.0 cm³/mol. The normalized spacial score (nSPS) is 10.3. The van der Waals surface area contributed by atoms with Crippen molar-refractivity contribution in [2.45, 2.75) is 19.9 Å². The van der Waals surface area contributed by atoms with E-state index in [4.69, 9.17) is 0 Å². The molecule has 0 unspecified atom stereocenters. The second-order valence-electron chi connectivity index (χ2n) is 4.03. The Kier molecular flexibility index (Phi) is 4.76. The van der Waals surface area contributed by atoms with Crippen LogP contribution in [0.3, 0.4) is 0 Å². The van der Waals surface area contributed by atoms with E-state index in [1.54, 1.807) is 13.8 Å². The summed E-state index contributed by atoms with van der Waals surface area (Å²) in [6, 6.07) is 2.58. The molecule has 6 heteroatoms. The van der Waals surface area contributed by atoms with Crippen molar-refractivity contribution in [1.29, 1.82) is 0 Å². The molecule has 98 valence electrons. The average molecular weight is 256 g/mol. The highest BCUT2D eigenvalue weighted by molar-refractivity contribution is 5.96. The summed E-state index contributed by atoms with van der Waals surface area (Å²) in [6.45, 7) is 3.30. The molecule has 0 radical (unpaired) electrons. The minimum absolute atomic E-state index is 0.0445. The molecule has 0 aliphatic rings. The SMILES string of the molecule is CC(C)NC(=O)CNC(=O)c1ccc(F)cc1F. The Morgan fingerprint density at radius 1 is 1.28 bits per heavy atom. The summed E-state index contributed by atoms with van der Waals surface area (Å²) < 4.78 is 25.9. The maximum atomic E-state index is 13.2. The highest BCUT2D eigenvalue weighted by Gasteiger charge is 2.13. The van der Waals surface area contributed by atoms with E-state index < -0.39 is 17.5 Å². The van der Waals surface area contributed by atoms with Gasteiger partial charge in [-0.15, -0.1) is 0 Å². The topological polar surface area (TPSA) is 58.2 Å². The van der Waals surface area contributed by atoms with Crippen LogP contribution >= 0.6 is 0 Å². The lowest BCUT2D eigenvalue weighted by Gasteiger charge is -2.09.